The van der Waals surface area contributed by atoms with E-state index in [9.17, 15) is 4.79 Å². The molecule has 1 N–H and O–H groups in total. The second-order valence-electron chi connectivity index (χ2n) is 3.98. The second-order valence-corrected chi connectivity index (χ2v) is 3.98. The predicted molar refractivity (Wildman–Crippen MR) is 69.1 cm³/mol. The molecule has 0 aliphatic carbocycles. The van der Waals surface area contributed by atoms with E-state index in [-0.39, 0.29) is 0 Å². The first kappa shape index (κ1) is 9.85. The van der Waals surface area contributed by atoms with Crippen molar-refractivity contribution in [3.63, 3.8) is 0 Å². The predicted octanol–water partition coefficient (Wildman–Crippen LogP) is 3.65. The first-order valence-electron chi connectivity index (χ1n) is 5.51. The molecule has 0 radical (unpaired) electrons. The standard InChI is InChI=1S/C15H11NO/c17-10-13-8-4-7-12-9-14(16-15(12)13)11-5-2-1-3-6-11/h1-10,16H. The fourth-order valence-electron chi connectivity index (χ4n) is 2.05. The van der Waals surface area contributed by atoms with Gasteiger partial charge in [-0.15, -0.1) is 0 Å². The van der Waals surface area contributed by atoms with Crippen LogP contribution in [0.4, 0.5) is 0 Å². The van der Waals surface area contributed by atoms with E-state index in [0.717, 1.165) is 28.4 Å². The molecule has 0 atom stereocenters. The normalized spacial score (nSPS) is 10.6. The maximum atomic E-state index is 10.9. The molecule has 0 bridgehead atoms. The Labute approximate surface area is 98.9 Å². The van der Waals surface area contributed by atoms with Crippen LogP contribution < -0.4 is 0 Å². The number of H-pyrrole nitrogens is 1. The maximum absolute atomic E-state index is 10.9. The smallest absolute Gasteiger partial charge is 0.152 e. The summed E-state index contributed by atoms with van der Waals surface area (Å²) in [4.78, 5) is 14.2. The Morgan fingerprint density at radius 1 is 0.941 bits per heavy atom. The quantitative estimate of drug-likeness (QED) is 0.658. The molecule has 0 aliphatic heterocycles. The highest BCUT2D eigenvalue weighted by molar-refractivity contribution is 5.98. The van der Waals surface area contributed by atoms with Gasteiger partial charge in [-0.05, 0) is 17.7 Å². The minimum Gasteiger partial charge on any atom is -0.354 e. The van der Waals surface area contributed by atoms with Crippen LogP contribution in [0, 0.1) is 0 Å². The SMILES string of the molecule is O=Cc1cccc2cc(-c3ccccc3)[nH]c12. The number of carbonyl (C=O) groups excluding carboxylic acids is 1. The lowest BCUT2D eigenvalue weighted by atomic mass is 10.1. The van der Waals surface area contributed by atoms with Crippen LogP contribution in [0.3, 0.4) is 0 Å². The Bertz CT molecular complexity index is 668. The molecule has 3 rings (SSSR count). The van der Waals surface area contributed by atoms with E-state index in [2.05, 4.69) is 11.1 Å². The van der Waals surface area contributed by atoms with Gasteiger partial charge in [-0.1, -0.05) is 42.5 Å². The second kappa shape index (κ2) is 3.91. The zero-order chi connectivity index (χ0) is 11.7. The van der Waals surface area contributed by atoms with Crippen molar-refractivity contribution in [2.75, 3.05) is 0 Å². The highest BCUT2D eigenvalue weighted by Crippen LogP contribution is 2.25. The van der Waals surface area contributed by atoms with Gasteiger partial charge in [0.2, 0.25) is 0 Å². The van der Waals surface area contributed by atoms with E-state index in [4.69, 9.17) is 0 Å². The fraction of sp³-hybridized carbons (Fsp3) is 0. The molecule has 0 spiro atoms. The molecule has 1 aromatic heterocycles. The Kier molecular flexibility index (Phi) is 2.26. The summed E-state index contributed by atoms with van der Waals surface area (Å²) in [5.74, 6) is 0. The van der Waals surface area contributed by atoms with Gasteiger partial charge in [0.1, 0.15) is 0 Å². The van der Waals surface area contributed by atoms with Crippen molar-refractivity contribution >= 4 is 17.2 Å². The number of aromatic nitrogens is 1. The molecule has 0 amide bonds. The van der Waals surface area contributed by atoms with Gasteiger partial charge in [-0.2, -0.15) is 0 Å². The van der Waals surface area contributed by atoms with Crippen molar-refractivity contribution in [1.82, 2.24) is 4.98 Å². The molecule has 0 unspecified atom stereocenters. The average molecular weight is 221 g/mol. The van der Waals surface area contributed by atoms with Crippen LogP contribution >= 0.6 is 0 Å². The van der Waals surface area contributed by atoms with E-state index >= 15 is 0 Å². The van der Waals surface area contributed by atoms with Gasteiger partial charge < -0.3 is 4.98 Å². The van der Waals surface area contributed by atoms with Gasteiger partial charge in [0.15, 0.2) is 6.29 Å². The van der Waals surface area contributed by atoms with Crippen molar-refractivity contribution < 1.29 is 4.79 Å². The third kappa shape index (κ3) is 1.64. The molecule has 2 heteroatoms. The number of nitrogens with one attached hydrogen (secondary N) is 1. The number of fused-ring (bicyclic) bond motifs is 1. The van der Waals surface area contributed by atoms with Gasteiger partial charge >= 0.3 is 0 Å². The van der Waals surface area contributed by atoms with Crippen LogP contribution in [0.15, 0.2) is 54.6 Å². The lowest BCUT2D eigenvalue weighted by Crippen LogP contribution is -1.81. The summed E-state index contributed by atoms with van der Waals surface area (Å²) in [6, 6.07) is 17.9. The molecule has 82 valence electrons. The van der Waals surface area contributed by atoms with Crippen LogP contribution in [0.5, 0.6) is 0 Å². The molecular formula is C15H11NO. The zero-order valence-corrected chi connectivity index (χ0v) is 9.18. The van der Waals surface area contributed by atoms with Crippen molar-refractivity contribution in [3.05, 3.63) is 60.2 Å². The molecule has 17 heavy (non-hydrogen) atoms. The number of aldehydes is 1. The third-order valence-corrected chi connectivity index (χ3v) is 2.90. The minimum absolute atomic E-state index is 0.699. The number of hydrogen-bond donors (Lipinski definition) is 1. The van der Waals surface area contributed by atoms with Crippen molar-refractivity contribution in [2.45, 2.75) is 0 Å². The lowest BCUT2D eigenvalue weighted by Gasteiger charge is -1.96. The lowest BCUT2D eigenvalue weighted by molar-refractivity contribution is 0.112. The van der Waals surface area contributed by atoms with Crippen molar-refractivity contribution in [2.24, 2.45) is 0 Å². The van der Waals surface area contributed by atoms with Crippen LogP contribution in [-0.4, -0.2) is 11.3 Å². The fourth-order valence-corrected chi connectivity index (χ4v) is 2.05. The largest absolute Gasteiger partial charge is 0.354 e. The third-order valence-electron chi connectivity index (χ3n) is 2.90. The summed E-state index contributed by atoms with van der Waals surface area (Å²) in [5, 5.41) is 1.06. The number of rotatable bonds is 2. The van der Waals surface area contributed by atoms with Gasteiger partial charge in [-0.25, -0.2) is 0 Å². The van der Waals surface area contributed by atoms with Gasteiger partial charge in [0.25, 0.3) is 0 Å². The number of carbonyl (C=O) groups is 1. The van der Waals surface area contributed by atoms with Gasteiger partial charge in [0, 0.05) is 16.6 Å². The average Bonchev–Trinajstić information content (AvgIpc) is 2.83. The summed E-state index contributed by atoms with van der Waals surface area (Å²) in [5.41, 5.74) is 3.77. The number of aromatic amines is 1. The van der Waals surface area contributed by atoms with E-state index in [0.29, 0.717) is 5.56 Å². The molecule has 2 aromatic carbocycles. The summed E-state index contributed by atoms with van der Waals surface area (Å²) < 4.78 is 0. The number of hydrogen-bond acceptors (Lipinski definition) is 1. The van der Waals surface area contributed by atoms with Gasteiger partial charge in [-0.3, -0.25) is 4.79 Å². The zero-order valence-electron chi connectivity index (χ0n) is 9.18. The van der Waals surface area contributed by atoms with Crippen LogP contribution in [0.2, 0.25) is 0 Å². The Morgan fingerprint density at radius 3 is 2.53 bits per heavy atom. The summed E-state index contributed by atoms with van der Waals surface area (Å²) >= 11 is 0. The molecule has 3 aromatic rings. The highest BCUT2D eigenvalue weighted by Gasteiger charge is 2.05. The Hall–Kier alpha value is -2.35. The van der Waals surface area contributed by atoms with E-state index in [1.807, 2.05) is 48.5 Å². The molecule has 0 fully saturated rings. The first-order chi connectivity index (χ1) is 8.38. The van der Waals surface area contributed by atoms with E-state index < -0.39 is 0 Å². The molecule has 2 nitrogen and oxygen atoms in total. The summed E-state index contributed by atoms with van der Waals surface area (Å²) in [6.07, 6.45) is 0.883. The Balaban J connectivity index is 2.24. The topological polar surface area (TPSA) is 32.9 Å². The molecule has 1 heterocycles. The monoisotopic (exact) mass is 221 g/mol. The Morgan fingerprint density at radius 2 is 1.76 bits per heavy atom. The molecule has 0 saturated heterocycles. The number of benzene rings is 2. The molecule has 0 aliphatic rings. The van der Waals surface area contributed by atoms with Crippen molar-refractivity contribution in [3.8, 4) is 11.3 Å². The molecule has 0 saturated carbocycles. The molecular weight excluding hydrogens is 210 g/mol. The minimum atomic E-state index is 0.699. The first-order valence-corrected chi connectivity index (χ1v) is 5.51. The maximum Gasteiger partial charge on any atom is 0.152 e. The number of para-hydroxylation sites is 1. The summed E-state index contributed by atoms with van der Waals surface area (Å²) in [7, 11) is 0. The van der Waals surface area contributed by atoms with Crippen LogP contribution in [0.25, 0.3) is 22.2 Å². The van der Waals surface area contributed by atoms with Crippen LogP contribution in [-0.2, 0) is 0 Å². The van der Waals surface area contributed by atoms with Crippen molar-refractivity contribution in [1.29, 1.82) is 0 Å². The van der Waals surface area contributed by atoms with E-state index in [1.54, 1.807) is 0 Å². The van der Waals surface area contributed by atoms with E-state index in [1.165, 1.54) is 0 Å². The van der Waals surface area contributed by atoms with Crippen LogP contribution in [0.1, 0.15) is 10.4 Å². The highest BCUT2D eigenvalue weighted by atomic mass is 16.1. The summed E-state index contributed by atoms with van der Waals surface area (Å²) in [6.45, 7) is 0. The van der Waals surface area contributed by atoms with Gasteiger partial charge in [0.05, 0.1) is 5.52 Å².